The van der Waals surface area contributed by atoms with Gasteiger partial charge in [0, 0.05) is 18.3 Å². The van der Waals surface area contributed by atoms with E-state index in [9.17, 15) is 19.6 Å². The Hall–Kier alpha value is -2.22. The maximum absolute atomic E-state index is 12.9. The predicted molar refractivity (Wildman–Crippen MR) is 150 cm³/mol. The third-order valence-corrected chi connectivity index (χ3v) is 11.1. The van der Waals surface area contributed by atoms with E-state index in [4.69, 9.17) is 4.74 Å². The van der Waals surface area contributed by atoms with E-state index < -0.39 is 11.0 Å². The number of nitrogens with zero attached hydrogens (tertiary/aromatic N) is 1. The van der Waals surface area contributed by atoms with Crippen LogP contribution in [0, 0.1) is 50.7 Å². The van der Waals surface area contributed by atoms with Crippen molar-refractivity contribution >= 4 is 17.5 Å². The highest BCUT2D eigenvalue weighted by atomic mass is 16.6. The molecule has 3 rings (SSSR count). The van der Waals surface area contributed by atoms with E-state index in [1.807, 2.05) is 13.0 Å². The van der Waals surface area contributed by atoms with Gasteiger partial charge in [-0.2, -0.15) is 5.26 Å². The number of nitriles is 1. The van der Waals surface area contributed by atoms with E-state index in [0.717, 1.165) is 50.5 Å². The molecule has 0 aromatic carbocycles. The number of hydrogen-bond donors (Lipinski definition) is 0. The van der Waals surface area contributed by atoms with E-state index in [0.29, 0.717) is 0 Å². The van der Waals surface area contributed by atoms with Gasteiger partial charge in [0.15, 0.2) is 11.6 Å². The third kappa shape index (κ3) is 5.17. The first-order valence-corrected chi connectivity index (χ1v) is 14.4. The molecule has 0 aromatic rings. The summed E-state index contributed by atoms with van der Waals surface area (Å²) in [7, 11) is 0. The molecule has 2 saturated carbocycles. The van der Waals surface area contributed by atoms with Crippen LogP contribution in [-0.2, 0) is 19.1 Å². The van der Waals surface area contributed by atoms with Crippen molar-refractivity contribution in [3.05, 3.63) is 23.3 Å². The fourth-order valence-corrected chi connectivity index (χ4v) is 8.31. The molecule has 6 atom stereocenters. The number of hydrogen-bond acceptors (Lipinski definition) is 5. The lowest BCUT2D eigenvalue weighted by Gasteiger charge is -2.59. The van der Waals surface area contributed by atoms with Gasteiger partial charge in [-0.05, 0) is 86.0 Å². The summed E-state index contributed by atoms with van der Waals surface area (Å²) in [4.78, 5) is 37.8. The molecule has 0 bridgehead atoms. The van der Waals surface area contributed by atoms with E-state index in [2.05, 4.69) is 54.5 Å². The van der Waals surface area contributed by atoms with Gasteiger partial charge >= 0.3 is 5.97 Å². The van der Waals surface area contributed by atoms with Crippen LogP contribution in [0.3, 0.4) is 0 Å². The number of carbonyl (C=O) groups is 3. The first-order valence-electron chi connectivity index (χ1n) is 14.4. The molecule has 38 heavy (non-hydrogen) atoms. The van der Waals surface area contributed by atoms with Gasteiger partial charge in [-0.15, -0.1) is 0 Å². The van der Waals surface area contributed by atoms with Gasteiger partial charge in [0.05, 0.1) is 5.57 Å². The van der Waals surface area contributed by atoms with E-state index in [1.165, 1.54) is 6.92 Å². The van der Waals surface area contributed by atoms with E-state index >= 15 is 0 Å². The van der Waals surface area contributed by atoms with Crippen LogP contribution in [0.4, 0.5) is 0 Å². The van der Waals surface area contributed by atoms with Crippen LogP contribution >= 0.6 is 0 Å². The van der Waals surface area contributed by atoms with Crippen molar-refractivity contribution < 1.29 is 19.1 Å². The van der Waals surface area contributed by atoms with Gasteiger partial charge in [-0.25, -0.2) is 0 Å². The zero-order chi connectivity index (χ0) is 28.9. The summed E-state index contributed by atoms with van der Waals surface area (Å²) < 4.78 is 6.16. The predicted octanol–water partition coefficient (Wildman–Crippen LogP) is 7.55. The molecule has 2 fully saturated rings. The number of fused-ring (bicyclic) bond motifs is 1. The second kappa shape index (κ2) is 10.1. The molecule has 0 saturated heterocycles. The molecule has 0 aliphatic heterocycles. The van der Waals surface area contributed by atoms with Gasteiger partial charge in [0.25, 0.3) is 0 Å². The van der Waals surface area contributed by atoms with Crippen molar-refractivity contribution in [2.24, 2.45) is 39.4 Å². The lowest BCUT2D eigenvalue weighted by atomic mass is 9.44. The minimum atomic E-state index is -0.552. The van der Waals surface area contributed by atoms with Crippen LogP contribution < -0.4 is 0 Å². The van der Waals surface area contributed by atoms with Gasteiger partial charge in [0.1, 0.15) is 11.7 Å². The number of allylic oxidation sites excluding steroid dienone is 4. The van der Waals surface area contributed by atoms with Gasteiger partial charge in [0.2, 0.25) is 0 Å². The van der Waals surface area contributed by atoms with E-state index in [-0.39, 0.29) is 57.1 Å². The highest BCUT2D eigenvalue weighted by Gasteiger charge is 2.58. The molecule has 3 aliphatic carbocycles. The molecule has 5 nitrogen and oxygen atoms in total. The fraction of sp³-hybridized carbons (Fsp3) is 0.758. The lowest BCUT2D eigenvalue weighted by molar-refractivity contribution is -0.175. The number of ether oxygens (including phenoxy) is 1. The minimum absolute atomic E-state index is 0.0140. The Kier molecular flexibility index (Phi) is 8.04. The maximum atomic E-state index is 12.9. The van der Waals surface area contributed by atoms with Crippen molar-refractivity contribution in [3.63, 3.8) is 0 Å². The Morgan fingerprint density at radius 1 is 1.13 bits per heavy atom. The molecule has 3 aliphatic rings. The van der Waals surface area contributed by atoms with Crippen LogP contribution in [0.1, 0.15) is 114 Å². The third-order valence-electron chi connectivity index (χ3n) is 11.1. The Balaban J connectivity index is 2.04. The Morgan fingerprint density at radius 3 is 2.29 bits per heavy atom. The number of rotatable bonds is 6. The molecular weight excluding hydrogens is 474 g/mol. The SMILES string of the molecule is CC(=O)/C=C1/[C@@]2(C)C=C(C#N)C(=O)[C@@H](C)[C@@H]2CC[C@@]1(C)C(C)(C)CC[C@@]1(OC(C)=O)CCC(C)(C)CC1C. The first kappa shape index (κ1) is 30.3. The largest absolute Gasteiger partial charge is 0.459 e. The monoisotopic (exact) mass is 523 g/mol. The highest BCUT2D eigenvalue weighted by Crippen LogP contribution is 2.65. The van der Waals surface area contributed by atoms with Crippen molar-refractivity contribution in [2.45, 2.75) is 120 Å². The topological polar surface area (TPSA) is 84.2 Å². The number of carbonyl (C=O) groups excluding carboxylic acids is 3. The van der Waals surface area contributed by atoms with Crippen LogP contribution in [0.15, 0.2) is 23.3 Å². The summed E-state index contributed by atoms with van der Waals surface area (Å²) in [6.07, 6.45) is 9.85. The van der Waals surface area contributed by atoms with Crippen molar-refractivity contribution in [3.8, 4) is 6.07 Å². The summed E-state index contributed by atoms with van der Waals surface area (Å²) >= 11 is 0. The quantitative estimate of drug-likeness (QED) is 0.265. The van der Waals surface area contributed by atoms with Crippen LogP contribution in [0.5, 0.6) is 0 Å². The Morgan fingerprint density at radius 2 is 1.76 bits per heavy atom. The first-order chi connectivity index (χ1) is 17.3. The van der Waals surface area contributed by atoms with Crippen LogP contribution in [0.2, 0.25) is 0 Å². The fourth-order valence-electron chi connectivity index (χ4n) is 8.31. The summed E-state index contributed by atoms with van der Waals surface area (Å²) in [5, 5.41) is 9.77. The summed E-state index contributed by atoms with van der Waals surface area (Å²) in [5.41, 5.74) is -0.132. The maximum Gasteiger partial charge on any atom is 0.303 e. The molecule has 210 valence electrons. The summed E-state index contributed by atoms with van der Waals surface area (Å²) in [5.74, 6) is -0.278. The van der Waals surface area contributed by atoms with Crippen molar-refractivity contribution in [1.82, 2.24) is 0 Å². The molecule has 0 amide bonds. The van der Waals surface area contributed by atoms with Crippen LogP contribution in [-0.4, -0.2) is 23.1 Å². The zero-order valence-electron chi connectivity index (χ0n) is 25.4. The molecule has 0 N–H and O–H groups in total. The molecule has 0 spiro atoms. The van der Waals surface area contributed by atoms with E-state index in [1.54, 1.807) is 13.0 Å². The second-order valence-electron chi connectivity index (χ2n) is 14.6. The standard InChI is InChI=1S/C33H49NO4/c1-21-18-29(5,6)13-15-33(21,38-24(4)36)16-14-30(7,8)32(10)12-11-26-23(3)28(37)25(20-34)19-31(26,9)27(32)17-22(2)35/h17,19,21,23,26H,11-16,18H2,1-10H3/b27-17-/t21?,23-,26-,31-,32+,33-/m0/s1. The average molecular weight is 524 g/mol. The lowest BCUT2D eigenvalue weighted by Crippen LogP contribution is -2.53. The van der Waals surface area contributed by atoms with Crippen LogP contribution in [0.25, 0.3) is 0 Å². The van der Waals surface area contributed by atoms with Gasteiger partial charge < -0.3 is 4.74 Å². The Labute approximate surface area is 230 Å². The highest BCUT2D eigenvalue weighted by molar-refractivity contribution is 6.02. The summed E-state index contributed by atoms with van der Waals surface area (Å²) in [6, 6.07) is 2.14. The smallest absolute Gasteiger partial charge is 0.303 e. The molecule has 0 radical (unpaired) electrons. The molecule has 0 aromatic heterocycles. The Bertz CT molecular complexity index is 1100. The molecule has 0 heterocycles. The average Bonchev–Trinajstić information content (AvgIpc) is 2.79. The number of ketones is 2. The van der Waals surface area contributed by atoms with Crippen molar-refractivity contribution in [2.75, 3.05) is 0 Å². The normalized spacial score (nSPS) is 38.1. The number of Topliss-reactive ketones (excluding diaryl/α,β-unsaturated/α-hetero) is 1. The van der Waals surface area contributed by atoms with Crippen molar-refractivity contribution in [1.29, 1.82) is 5.26 Å². The number of esters is 1. The van der Waals surface area contributed by atoms with Gasteiger partial charge in [-0.1, -0.05) is 67.0 Å². The summed E-state index contributed by atoms with van der Waals surface area (Å²) in [6.45, 7) is 20.8. The zero-order valence-corrected chi connectivity index (χ0v) is 25.4. The minimum Gasteiger partial charge on any atom is -0.459 e. The molecule has 1 unspecified atom stereocenters. The molecular formula is C33H49NO4. The second-order valence-corrected chi connectivity index (χ2v) is 14.6. The van der Waals surface area contributed by atoms with Gasteiger partial charge in [-0.3, -0.25) is 14.4 Å². The molecule has 5 heteroatoms.